The van der Waals surface area contributed by atoms with Crippen molar-refractivity contribution in [2.45, 2.75) is 44.7 Å². The summed E-state index contributed by atoms with van der Waals surface area (Å²) in [4.78, 5) is 7.09. The molecule has 0 N–H and O–H groups in total. The Labute approximate surface area is 132 Å². The van der Waals surface area contributed by atoms with Gasteiger partial charge in [0.15, 0.2) is 0 Å². The Kier molecular flexibility index (Phi) is 3.59. The molecule has 0 aromatic carbocycles. The summed E-state index contributed by atoms with van der Waals surface area (Å²) in [5.74, 6) is 2.02. The highest BCUT2D eigenvalue weighted by molar-refractivity contribution is 9.10. The molecule has 0 spiro atoms. The van der Waals surface area contributed by atoms with E-state index in [-0.39, 0.29) is 0 Å². The van der Waals surface area contributed by atoms with Gasteiger partial charge in [0.05, 0.1) is 29.0 Å². The molecule has 1 fully saturated rings. The van der Waals surface area contributed by atoms with Gasteiger partial charge in [-0.25, -0.2) is 4.98 Å². The van der Waals surface area contributed by atoms with Crippen molar-refractivity contribution in [3.63, 3.8) is 0 Å². The number of hydrogen-bond donors (Lipinski definition) is 0. The zero-order chi connectivity index (χ0) is 14.2. The fourth-order valence-electron chi connectivity index (χ4n) is 3.35. The average Bonchev–Trinajstić information content (AvgIpc) is 3.17. The van der Waals surface area contributed by atoms with Crippen LogP contribution in [0.2, 0.25) is 0 Å². The molecule has 112 valence electrons. The third kappa shape index (κ3) is 2.79. The van der Waals surface area contributed by atoms with Gasteiger partial charge in [-0.05, 0) is 41.6 Å². The molecule has 4 rings (SSSR count). The van der Waals surface area contributed by atoms with Gasteiger partial charge < -0.3 is 4.42 Å². The number of likely N-dealkylation sites (tertiary alicyclic amines) is 1. The van der Waals surface area contributed by atoms with E-state index in [4.69, 9.17) is 4.42 Å². The molecule has 1 atom stereocenters. The number of oxazole rings is 1. The van der Waals surface area contributed by atoms with E-state index in [1.807, 2.05) is 6.20 Å². The number of hydrogen-bond acceptors (Lipinski definition) is 4. The van der Waals surface area contributed by atoms with Gasteiger partial charge in [0, 0.05) is 25.7 Å². The SMILES string of the molecule is Brc1cnn(C2CCN(Cc3nc4c(o3)CCCC4)C2)c1. The van der Waals surface area contributed by atoms with Gasteiger partial charge in [-0.15, -0.1) is 0 Å². The average molecular weight is 351 g/mol. The van der Waals surface area contributed by atoms with Crippen molar-refractivity contribution >= 4 is 15.9 Å². The van der Waals surface area contributed by atoms with Crippen LogP contribution in [-0.4, -0.2) is 32.8 Å². The van der Waals surface area contributed by atoms with Crippen LogP contribution in [0.25, 0.3) is 0 Å². The van der Waals surface area contributed by atoms with E-state index < -0.39 is 0 Å². The molecule has 21 heavy (non-hydrogen) atoms. The van der Waals surface area contributed by atoms with Gasteiger partial charge >= 0.3 is 0 Å². The summed E-state index contributed by atoms with van der Waals surface area (Å²) < 4.78 is 9.03. The first-order chi connectivity index (χ1) is 10.3. The van der Waals surface area contributed by atoms with Crippen molar-refractivity contribution < 1.29 is 4.42 Å². The molecule has 1 aliphatic carbocycles. The lowest BCUT2D eigenvalue weighted by Crippen LogP contribution is -2.21. The second kappa shape index (κ2) is 5.57. The summed E-state index contributed by atoms with van der Waals surface area (Å²) in [5, 5.41) is 4.40. The van der Waals surface area contributed by atoms with Crippen LogP contribution in [0.5, 0.6) is 0 Å². The van der Waals surface area contributed by atoms with Gasteiger partial charge in [0.25, 0.3) is 0 Å². The largest absolute Gasteiger partial charge is 0.444 e. The quantitative estimate of drug-likeness (QED) is 0.853. The molecule has 0 amide bonds. The fraction of sp³-hybridized carbons (Fsp3) is 0.600. The van der Waals surface area contributed by atoms with E-state index in [2.05, 4.69) is 41.8 Å². The van der Waals surface area contributed by atoms with Gasteiger partial charge in [-0.2, -0.15) is 5.10 Å². The smallest absolute Gasteiger partial charge is 0.208 e. The number of rotatable bonds is 3. The molecule has 2 aliphatic rings. The lowest BCUT2D eigenvalue weighted by Gasteiger charge is -2.14. The molecule has 0 bridgehead atoms. The third-order valence-corrected chi connectivity index (χ3v) is 4.85. The van der Waals surface area contributed by atoms with Crippen molar-refractivity contribution in [3.8, 4) is 0 Å². The normalized spacial score (nSPS) is 22.6. The summed E-state index contributed by atoms with van der Waals surface area (Å²) >= 11 is 3.46. The van der Waals surface area contributed by atoms with Crippen LogP contribution in [0.1, 0.15) is 42.6 Å². The molecule has 0 radical (unpaired) electrons. The molecule has 1 unspecified atom stereocenters. The number of halogens is 1. The van der Waals surface area contributed by atoms with Crippen molar-refractivity contribution in [2.75, 3.05) is 13.1 Å². The molecule has 3 heterocycles. The molecule has 6 heteroatoms. The first-order valence-corrected chi connectivity index (χ1v) is 8.47. The second-order valence-corrected chi connectivity index (χ2v) is 6.92. The van der Waals surface area contributed by atoms with Gasteiger partial charge in [-0.1, -0.05) is 0 Å². The van der Waals surface area contributed by atoms with Gasteiger partial charge in [0.1, 0.15) is 5.76 Å². The Balaban J connectivity index is 1.41. The monoisotopic (exact) mass is 350 g/mol. The number of aryl methyl sites for hydroxylation is 2. The fourth-order valence-corrected chi connectivity index (χ4v) is 3.65. The maximum Gasteiger partial charge on any atom is 0.208 e. The predicted molar refractivity (Wildman–Crippen MR) is 82.0 cm³/mol. The molecular weight excluding hydrogens is 332 g/mol. The zero-order valence-electron chi connectivity index (χ0n) is 12.0. The Morgan fingerprint density at radius 2 is 2.24 bits per heavy atom. The Morgan fingerprint density at radius 3 is 3.05 bits per heavy atom. The summed E-state index contributed by atoms with van der Waals surface area (Å²) in [6.07, 6.45) is 9.67. The van der Waals surface area contributed by atoms with Crippen LogP contribution < -0.4 is 0 Å². The van der Waals surface area contributed by atoms with Crippen LogP contribution >= 0.6 is 15.9 Å². The van der Waals surface area contributed by atoms with Gasteiger partial charge in [0.2, 0.25) is 5.89 Å². The van der Waals surface area contributed by atoms with E-state index in [0.29, 0.717) is 6.04 Å². The standard InChI is InChI=1S/C15H19BrN4O/c16-11-7-17-20(8-11)12-5-6-19(9-12)10-15-18-13-3-1-2-4-14(13)21-15/h7-8,12H,1-6,9-10H2. The van der Waals surface area contributed by atoms with Gasteiger partial charge in [-0.3, -0.25) is 9.58 Å². The highest BCUT2D eigenvalue weighted by Gasteiger charge is 2.26. The molecule has 0 saturated carbocycles. The Morgan fingerprint density at radius 1 is 1.33 bits per heavy atom. The first kappa shape index (κ1) is 13.5. The van der Waals surface area contributed by atoms with Crippen molar-refractivity contribution in [1.29, 1.82) is 0 Å². The highest BCUT2D eigenvalue weighted by Crippen LogP contribution is 2.26. The summed E-state index contributed by atoms with van der Waals surface area (Å²) in [6.45, 7) is 2.92. The van der Waals surface area contributed by atoms with Crippen LogP contribution in [0.15, 0.2) is 21.3 Å². The van der Waals surface area contributed by atoms with E-state index >= 15 is 0 Å². The molecule has 5 nitrogen and oxygen atoms in total. The van der Waals surface area contributed by atoms with Crippen LogP contribution in [-0.2, 0) is 19.4 Å². The van der Waals surface area contributed by atoms with E-state index in [1.165, 1.54) is 18.5 Å². The lowest BCUT2D eigenvalue weighted by atomic mass is 10.0. The van der Waals surface area contributed by atoms with Crippen LogP contribution in [0.3, 0.4) is 0 Å². The minimum atomic E-state index is 0.459. The van der Waals surface area contributed by atoms with Crippen molar-refractivity contribution in [2.24, 2.45) is 0 Å². The third-order valence-electron chi connectivity index (χ3n) is 4.44. The number of aromatic nitrogens is 3. The zero-order valence-corrected chi connectivity index (χ0v) is 13.5. The van der Waals surface area contributed by atoms with E-state index in [1.54, 1.807) is 0 Å². The Hall–Kier alpha value is -1.14. The van der Waals surface area contributed by atoms with E-state index in [0.717, 1.165) is 55.0 Å². The first-order valence-electron chi connectivity index (χ1n) is 7.67. The maximum atomic E-state index is 5.93. The summed E-state index contributed by atoms with van der Waals surface area (Å²) in [6, 6.07) is 0.459. The molecule has 2 aromatic rings. The minimum absolute atomic E-state index is 0.459. The molecule has 1 aliphatic heterocycles. The number of nitrogens with zero attached hydrogens (tertiary/aromatic N) is 4. The second-order valence-electron chi connectivity index (χ2n) is 6.00. The molecular formula is C15H19BrN4O. The van der Waals surface area contributed by atoms with Crippen LogP contribution in [0.4, 0.5) is 0 Å². The number of fused-ring (bicyclic) bond motifs is 1. The summed E-state index contributed by atoms with van der Waals surface area (Å²) in [7, 11) is 0. The Bertz CT molecular complexity index is 612. The van der Waals surface area contributed by atoms with Crippen molar-refractivity contribution in [1.82, 2.24) is 19.7 Å². The molecule has 2 aromatic heterocycles. The lowest BCUT2D eigenvalue weighted by molar-refractivity contribution is 0.273. The summed E-state index contributed by atoms with van der Waals surface area (Å²) in [5.41, 5.74) is 1.20. The van der Waals surface area contributed by atoms with E-state index in [9.17, 15) is 0 Å². The highest BCUT2D eigenvalue weighted by atomic mass is 79.9. The topological polar surface area (TPSA) is 47.1 Å². The molecule has 1 saturated heterocycles. The maximum absolute atomic E-state index is 5.93. The predicted octanol–water partition coefficient (Wildman–Crippen LogP) is 2.96. The van der Waals surface area contributed by atoms with Crippen molar-refractivity contribution in [3.05, 3.63) is 34.2 Å². The minimum Gasteiger partial charge on any atom is -0.444 e. The van der Waals surface area contributed by atoms with Crippen LogP contribution in [0, 0.1) is 0 Å².